The summed E-state index contributed by atoms with van der Waals surface area (Å²) in [5.41, 5.74) is 1.18. The molecular weight excluding hydrogens is 593 g/mol. The molecule has 4 aromatic rings. The van der Waals surface area contributed by atoms with Crippen molar-refractivity contribution in [1.29, 1.82) is 0 Å². The SMILES string of the molecule is C=CC(=O)N1CC(CN(C)c2nc(OC)nc3c(F)c(-c4cccc5ccc(F)c(CC)c45)ncc23)C1.FC1CC2CCCN2C1. The van der Waals surface area contributed by atoms with Crippen molar-refractivity contribution < 1.29 is 22.7 Å². The molecule has 7 rings (SSSR count). The average Bonchev–Trinajstić information content (AvgIpc) is 3.63. The number of hydrogen-bond donors (Lipinski definition) is 0. The first-order valence-electron chi connectivity index (χ1n) is 15.8. The van der Waals surface area contributed by atoms with Gasteiger partial charge in [-0.2, -0.15) is 9.97 Å². The molecule has 2 atom stereocenters. The lowest BCUT2D eigenvalue weighted by molar-refractivity contribution is -0.131. The van der Waals surface area contributed by atoms with Gasteiger partial charge in [-0.1, -0.05) is 37.8 Å². The standard InChI is InChI=1S/C28H27F2N5O2.C7H12FN/c1-5-18-21(29)11-10-17-8-7-9-19(23(17)18)25-24(30)26-20(12-31-25)27(33-28(32-26)37-4)34(3)13-16-14-35(15-16)22(36)6-2;8-6-4-7-2-1-3-9(7)5-6/h6-12,16H,2,5,13-15H2,1,3-4H3;6-7H,1-5H2. The molecule has 11 heteroatoms. The predicted octanol–water partition coefficient (Wildman–Crippen LogP) is 5.97. The molecule has 0 N–H and O–H groups in total. The highest BCUT2D eigenvalue weighted by Gasteiger charge is 2.35. The van der Waals surface area contributed by atoms with Crippen molar-refractivity contribution >= 4 is 33.4 Å². The highest BCUT2D eigenvalue weighted by Crippen LogP contribution is 2.37. The van der Waals surface area contributed by atoms with Gasteiger partial charge in [-0.15, -0.1) is 0 Å². The zero-order chi connectivity index (χ0) is 32.5. The van der Waals surface area contributed by atoms with E-state index in [1.807, 2.05) is 24.9 Å². The zero-order valence-electron chi connectivity index (χ0n) is 26.5. The Balaban J connectivity index is 0.000000352. The number of methoxy groups -OCH3 is 1. The van der Waals surface area contributed by atoms with E-state index in [9.17, 15) is 13.6 Å². The molecule has 3 aliphatic heterocycles. The van der Waals surface area contributed by atoms with Gasteiger partial charge in [-0.3, -0.25) is 14.7 Å². The van der Waals surface area contributed by atoms with Gasteiger partial charge in [0.1, 0.15) is 29.0 Å². The number of likely N-dealkylation sites (tertiary alicyclic amines) is 1. The first kappa shape index (κ1) is 31.7. The number of fused-ring (bicyclic) bond motifs is 3. The fraction of sp³-hybridized carbons (Fsp3) is 0.429. The molecule has 2 aromatic heterocycles. The van der Waals surface area contributed by atoms with Crippen LogP contribution in [-0.4, -0.2) is 89.8 Å². The second-order valence-electron chi connectivity index (χ2n) is 12.3. The highest BCUT2D eigenvalue weighted by molar-refractivity contribution is 6.00. The van der Waals surface area contributed by atoms with Crippen LogP contribution in [0.4, 0.5) is 19.0 Å². The summed E-state index contributed by atoms with van der Waals surface area (Å²) in [5.74, 6) is -0.336. The Morgan fingerprint density at radius 2 is 1.98 bits per heavy atom. The van der Waals surface area contributed by atoms with Crippen LogP contribution in [0.15, 0.2) is 49.2 Å². The van der Waals surface area contributed by atoms with Crippen LogP contribution in [0.5, 0.6) is 6.01 Å². The highest BCUT2D eigenvalue weighted by atomic mass is 19.1. The van der Waals surface area contributed by atoms with Gasteiger partial charge in [0.25, 0.3) is 0 Å². The number of rotatable bonds is 7. The fourth-order valence-corrected chi connectivity index (χ4v) is 7.06. The van der Waals surface area contributed by atoms with Crippen molar-refractivity contribution in [2.45, 2.75) is 44.8 Å². The number of nitrogens with zero attached hydrogens (tertiary/aromatic N) is 6. The summed E-state index contributed by atoms with van der Waals surface area (Å²) in [6, 6.07) is 9.19. The summed E-state index contributed by atoms with van der Waals surface area (Å²) >= 11 is 0. The van der Waals surface area contributed by atoms with Crippen LogP contribution in [0.2, 0.25) is 0 Å². The Hall–Kier alpha value is -4.25. The Labute approximate surface area is 266 Å². The minimum atomic E-state index is -0.627. The summed E-state index contributed by atoms with van der Waals surface area (Å²) in [5, 5.41) is 1.88. The second kappa shape index (κ2) is 13.2. The van der Waals surface area contributed by atoms with Crippen molar-refractivity contribution in [2.75, 3.05) is 51.8 Å². The third kappa shape index (κ3) is 6.00. The molecule has 3 saturated heterocycles. The predicted molar refractivity (Wildman–Crippen MR) is 174 cm³/mol. The Morgan fingerprint density at radius 3 is 2.70 bits per heavy atom. The van der Waals surface area contributed by atoms with Gasteiger partial charge < -0.3 is 14.5 Å². The van der Waals surface area contributed by atoms with E-state index < -0.39 is 12.0 Å². The molecule has 3 fully saturated rings. The molecule has 0 aliphatic carbocycles. The van der Waals surface area contributed by atoms with Gasteiger partial charge in [0.05, 0.1) is 12.5 Å². The molecule has 1 amide bonds. The molecule has 242 valence electrons. The number of aromatic nitrogens is 3. The number of anilines is 1. The van der Waals surface area contributed by atoms with Crippen LogP contribution in [0, 0.1) is 17.6 Å². The van der Waals surface area contributed by atoms with Gasteiger partial charge >= 0.3 is 6.01 Å². The molecule has 8 nitrogen and oxygen atoms in total. The Morgan fingerprint density at radius 1 is 1.17 bits per heavy atom. The first-order chi connectivity index (χ1) is 22.2. The number of halogens is 3. The normalized spacial score (nSPS) is 19.5. The van der Waals surface area contributed by atoms with Gasteiger partial charge in [-0.25, -0.2) is 13.2 Å². The van der Waals surface area contributed by atoms with Crippen LogP contribution in [-0.2, 0) is 11.2 Å². The lowest BCUT2D eigenvalue weighted by Gasteiger charge is -2.40. The van der Waals surface area contributed by atoms with E-state index in [-0.39, 0.29) is 34.9 Å². The van der Waals surface area contributed by atoms with Crippen LogP contribution < -0.4 is 9.64 Å². The maximum absolute atomic E-state index is 16.1. The van der Waals surface area contributed by atoms with Crippen LogP contribution in [0.1, 0.15) is 31.7 Å². The summed E-state index contributed by atoms with van der Waals surface area (Å²) in [6.45, 7) is 9.08. The molecule has 5 heterocycles. The lowest BCUT2D eigenvalue weighted by Crippen LogP contribution is -2.53. The minimum absolute atomic E-state index is 0.0284. The summed E-state index contributed by atoms with van der Waals surface area (Å²) in [6.07, 6.45) is 6.13. The quantitative estimate of drug-likeness (QED) is 0.233. The third-order valence-electron chi connectivity index (χ3n) is 9.33. The summed E-state index contributed by atoms with van der Waals surface area (Å²) in [4.78, 5) is 30.9. The summed E-state index contributed by atoms with van der Waals surface area (Å²) in [7, 11) is 3.28. The van der Waals surface area contributed by atoms with Crippen LogP contribution in [0.3, 0.4) is 0 Å². The molecular formula is C35H39F3N6O2. The molecule has 46 heavy (non-hydrogen) atoms. The van der Waals surface area contributed by atoms with E-state index in [1.165, 1.54) is 32.1 Å². The molecule has 0 radical (unpaired) electrons. The number of hydrogen-bond acceptors (Lipinski definition) is 7. The number of carbonyl (C=O) groups is 1. The van der Waals surface area contributed by atoms with E-state index in [2.05, 4.69) is 26.4 Å². The summed E-state index contributed by atoms with van der Waals surface area (Å²) < 4.78 is 48.7. The average molecular weight is 633 g/mol. The maximum Gasteiger partial charge on any atom is 0.318 e. The van der Waals surface area contributed by atoms with E-state index in [0.29, 0.717) is 66.4 Å². The van der Waals surface area contributed by atoms with E-state index in [1.54, 1.807) is 29.3 Å². The first-order valence-corrected chi connectivity index (χ1v) is 15.8. The number of amides is 1. The number of carbonyl (C=O) groups excluding carboxylic acids is 1. The fourth-order valence-electron chi connectivity index (χ4n) is 7.06. The number of aryl methyl sites for hydroxylation is 1. The monoisotopic (exact) mass is 632 g/mol. The van der Waals surface area contributed by atoms with E-state index >= 15 is 4.39 Å². The number of alkyl halides is 1. The van der Waals surface area contributed by atoms with Crippen molar-refractivity contribution in [2.24, 2.45) is 5.92 Å². The van der Waals surface area contributed by atoms with Gasteiger partial charge in [-0.05, 0) is 60.7 Å². The number of benzene rings is 2. The zero-order valence-corrected chi connectivity index (χ0v) is 26.5. The van der Waals surface area contributed by atoms with E-state index in [4.69, 9.17) is 4.74 Å². The lowest BCUT2D eigenvalue weighted by atomic mass is 9.95. The molecule has 0 spiro atoms. The molecule has 0 bridgehead atoms. The van der Waals surface area contributed by atoms with Crippen LogP contribution in [0.25, 0.3) is 32.9 Å². The largest absolute Gasteiger partial charge is 0.467 e. The molecule has 2 unspecified atom stereocenters. The van der Waals surface area contributed by atoms with Crippen LogP contribution >= 0.6 is 0 Å². The Bertz CT molecular complexity index is 1770. The van der Waals surface area contributed by atoms with Crippen molar-refractivity contribution in [1.82, 2.24) is 24.8 Å². The van der Waals surface area contributed by atoms with Gasteiger partial charge in [0.2, 0.25) is 5.91 Å². The number of ether oxygens (including phenoxy) is 1. The third-order valence-corrected chi connectivity index (χ3v) is 9.33. The van der Waals surface area contributed by atoms with Gasteiger partial charge in [0, 0.05) is 56.9 Å². The minimum Gasteiger partial charge on any atom is -0.467 e. The van der Waals surface area contributed by atoms with E-state index in [0.717, 1.165) is 18.4 Å². The Kier molecular flexibility index (Phi) is 9.13. The topological polar surface area (TPSA) is 74.7 Å². The molecule has 0 saturated carbocycles. The maximum atomic E-state index is 16.1. The second-order valence-corrected chi connectivity index (χ2v) is 12.3. The smallest absolute Gasteiger partial charge is 0.318 e. The van der Waals surface area contributed by atoms with Crippen molar-refractivity contribution in [3.8, 4) is 17.3 Å². The molecule has 3 aliphatic rings. The van der Waals surface area contributed by atoms with Gasteiger partial charge in [0.15, 0.2) is 5.82 Å². The van der Waals surface area contributed by atoms with Crippen molar-refractivity contribution in [3.63, 3.8) is 0 Å². The number of pyridine rings is 1. The van der Waals surface area contributed by atoms with Crippen molar-refractivity contribution in [3.05, 3.63) is 66.4 Å². The molecule has 2 aromatic carbocycles.